The second-order valence-corrected chi connectivity index (χ2v) is 7.08. The number of rotatable bonds is 4. The Balaban J connectivity index is 0.00000208. The van der Waals surface area contributed by atoms with Gasteiger partial charge in [-0.2, -0.15) is 0 Å². The Morgan fingerprint density at radius 3 is 2.54 bits per heavy atom. The molecule has 6 heteroatoms. The van der Waals surface area contributed by atoms with Crippen molar-refractivity contribution in [2.45, 2.75) is 45.7 Å². The molecular weight excluding hydrogens is 413 g/mol. The van der Waals surface area contributed by atoms with Gasteiger partial charge in [0, 0.05) is 38.9 Å². The van der Waals surface area contributed by atoms with Gasteiger partial charge in [-0.15, -0.1) is 24.0 Å². The van der Waals surface area contributed by atoms with E-state index in [1.165, 1.54) is 24.8 Å². The van der Waals surface area contributed by atoms with E-state index >= 15 is 0 Å². The molecule has 0 bridgehead atoms. The van der Waals surface area contributed by atoms with Gasteiger partial charge in [-0.1, -0.05) is 19.9 Å². The molecule has 1 aliphatic heterocycles. The zero-order valence-corrected chi connectivity index (χ0v) is 17.3. The molecule has 2 N–H and O–H groups in total. The maximum Gasteiger partial charge on any atom is 0.191 e. The number of anilines is 1. The minimum Gasteiger partial charge on any atom is -0.357 e. The quantitative estimate of drug-likeness (QED) is 0.427. The highest BCUT2D eigenvalue weighted by Crippen LogP contribution is 2.28. The number of hydrogen-bond acceptors (Lipinski definition) is 3. The number of nitrogens with zero attached hydrogens (tertiary/aromatic N) is 3. The van der Waals surface area contributed by atoms with Gasteiger partial charge in [0.05, 0.1) is 0 Å². The van der Waals surface area contributed by atoms with Crippen molar-refractivity contribution in [3.8, 4) is 0 Å². The average molecular weight is 443 g/mol. The standard InChI is InChI=1S/C18H29N5.HI/c1-13-6-8-23(9-7-13)17-5-4-15(11-20-17)12-21-18(19-3)22-16-10-14(16)2;/h4-5,11,13-14,16H,6-10,12H2,1-3H3,(H2,19,21,22);1H. The molecule has 1 saturated heterocycles. The van der Waals surface area contributed by atoms with E-state index in [1.54, 1.807) is 0 Å². The molecular formula is C18H30IN5. The van der Waals surface area contributed by atoms with Crippen molar-refractivity contribution in [2.24, 2.45) is 16.8 Å². The third-order valence-electron chi connectivity index (χ3n) is 5.03. The lowest BCUT2D eigenvalue weighted by atomic mass is 9.99. The maximum absolute atomic E-state index is 4.64. The van der Waals surface area contributed by atoms with Crippen molar-refractivity contribution in [2.75, 3.05) is 25.0 Å². The van der Waals surface area contributed by atoms with E-state index in [-0.39, 0.29) is 24.0 Å². The number of aromatic nitrogens is 1. The topological polar surface area (TPSA) is 52.6 Å². The second-order valence-electron chi connectivity index (χ2n) is 7.08. The number of guanidine groups is 1. The molecule has 2 fully saturated rings. The fourth-order valence-electron chi connectivity index (χ4n) is 3.03. The molecule has 24 heavy (non-hydrogen) atoms. The van der Waals surface area contributed by atoms with Crippen LogP contribution >= 0.6 is 24.0 Å². The predicted molar refractivity (Wildman–Crippen MR) is 111 cm³/mol. The molecule has 2 aliphatic rings. The van der Waals surface area contributed by atoms with Crippen molar-refractivity contribution < 1.29 is 0 Å². The van der Waals surface area contributed by atoms with E-state index in [2.05, 4.69) is 51.5 Å². The molecule has 2 unspecified atom stereocenters. The number of pyridine rings is 1. The molecule has 3 rings (SSSR count). The molecule has 0 amide bonds. The SMILES string of the molecule is CN=C(NCc1ccc(N2CCC(C)CC2)nc1)NC1CC1C.I. The van der Waals surface area contributed by atoms with Crippen molar-refractivity contribution >= 4 is 35.8 Å². The van der Waals surface area contributed by atoms with Gasteiger partial charge in [0.25, 0.3) is 0 Å². The van der Waals surface area contributed by atoms with Crippen LogP contribution in [0.1, 0.15) is 38.7 Å². The Kier molecular flexibility index (Phi) is 7.13. The van der Waals surface area contributed by atoms with Gasteiger partial charge in [0.2, 0.25) is 0 Å². The summed E-state index contributed by atoms with van der Waals surface area (Å²) in [6.45, 7) is 7.60. The van der Waals surface area contributed by atoms with E-state index in [4.69, 9.17) is 0 Å². The first-order chi connectivity index (χ1) is 11.2. The normalized spacial score (nSPS) is 24.3. The van der Waals surface area contributed by atoms with Crippen LogP contribution in [-0.2, 0) is 6.54 Å². The van der Waals surface area contributed by atoms with Crippen molar-refractivity contribution in [3.63, 3.8) is 0 Å². The number of hydrogen-bond donors (Lipinski definition) is 2. The summed E-state index contributed by atoms with van der Waals surface area (Å²) in [5.41, 5.74) is 1.19. The van der Waals surface area contributed by atoms with Gasteiger partial charge < -0.3 is 15.5 Å². The summed E-state index contributed by atoms with van der Waals surface area (Å²) in [4.78, 5) is 11.3. The van der Waals surface area contributed by atoms with Gasteiger partial charge in [0.15, 0.2) is 5.96 Å². The lowest BCUT2D eigenvalue weighted by molar-refractivity contribution is 0.436. The van der Waals surface area contributed by atoms with Gasteiger partial charge in [-0.05, 0) is 42.7 Å². The molecule has 1 aliphatic carbocycles. The molecule has 134 valence electrons. The van der Waals surface area contributed by atoms with Gasteiger partial charge in [0.1, 0.15) is 5.82 Å². The molecule has 2 heterocycles. The summed E-state index contributed by atoms with van der Waals surface area (Å²) >= 11 is 0. The Labute approximate surface area is 162 Å². The van der Waals surface area contributed by atoms with Crippen LogP contribution in [0.15, 0.2) is 23.3 Å². The molecule has 1 aromatic heterocycles. The summed E-state index contributed by atoms with van der Waals surface area (Å²) < 4.78 is 0. The lowest BCUT2D eigenvalue weighted by Gasteiger charge is -2.31. The zero-order chi connectivity index (χ0) is 16.2. The largest absolute Gasteiger partial charge is 0.357 e. The van der Waals surface area contributed by atoms with Gasteiger partial charge in [-0.25, -0.2) is 4.98 Å². The first kappa shape index (κ1) is 19.3. The Morgan fingerprint density at radius 2 is 2.00 bits per heavy atom. The number of nitrogens with one attached hydrogen (secondary N) is 2. The van der Waals surface area contributed by atoms with Crippen LogP contribution < -0.4 is 15.5 Å². The Hall–Kier alpha value is -1.05. The van der Waals surface area contributed by atoms with Crippen LogP contribution in [0.5, 0.6) is 0 Å². The van der Waals surface area contributed by atoms with Crippen molar-refractivity contribution in [1.82, 2.24) is 15.6 Å². The highest BCUT2D eigenvalue weighted by atomic mass is 127. The molecule has 5 nitrogen and oxygen atoms in total. The summed E-state index contributed by atoms with van der Waals surface area (Å²) in [5.74, 6) is 3.60. The van der Waals surface area contributed by atoms with Crippen LogP contribution in [0, 0.1) is 11.8 Å². The van der Waals surface area contributed by atoms with Crippen LogP contribution in [0.2, 0.25) is 0 Å². The Morgan fingerprint density at radius 1 is 1.29 bits per heavy atom. The van der Waals surface area contributed by atoms with Crippen molar-refractivity contribution in [3.05, 3.63) is 23.9 Å². The fourth-order valence-corrected chi connectivity index (χ4v) is 3.03. The minimum absolute atomic E-state index is 0. The van der Waals surface area contributed by atoms with Crippen LogP contribution in [0.25, 0.3) is 0 Å². The lowest BCUT2D eigenvalue weighted by Crippen LogP contribution is -2.38. The molecule has 0 aromatic carbocycles. The predicted octanol–water partition coefficient (Wildman–Crippen LogP) is 3.01. The van der Waals surface area contributed by atoms with Crippen LogP contribution in [0.3, 0.4) is 0 Å². The monoisotopic (exact) mass is 443 g/mol. The number of aliphatic imine (C=N–C) groups is 1. The number of halogens is 1. The van der Waals surface area contributed by atoms with E-state index in [1.807, 2.05) is 13.2 Å². The third kappa shape index (κ3) is 5.22. The smallest absolute Gasteiger partial charge is 0.191 e. The molecule has 1 aromatic rings. The molecule has 2 atom stereocenters. The van der Waals surface area contributed by atoms with E-state index in [0.717, 1.165) is 43.2 Å². The van der Waals surface area contributed by atoms with E-state index in [9.17, 15) is 0 Å². The van der Waals surface area contributed by atoms with Gasteiger partial charge in [-0.3, -0.25) is 4.99 Å². The van der Waals surface area contributed by atoms with Gasteiger partial charge >= 0.3 is 0 Å². The second kappa shape index (κ2) is 8.87. The summed E-state index contributed by atoms with van der Waals surface area (Å²) in [6.07, 6.45) is 5.76. The van der Waals surface area contributed by atoms with Crippen molar-refractivity contribution in [1.29, 1.82) is 0 Å². The zero-order valence-electron chi connectivity index (χ0n) is 15.0. The molecule has 1 saturated carbocycles. The summed E-state index contributed by atoms with van der Waals surface area (Å²) in [6, 6.07) is 4.90. The highest BCUT2D eigenvalue weighted by Gasteiger charge is 2.33. The first-order valence-corrected chi connectivity index (χ1v) is 8.82. The molecule has 0 spiro atoms. The maximum atomic E-state index is 4.64. The third-order valence-corrected chi connectivity index (χ3v) is 5.03. The summed E-state index contributed by atoms with van der Waals surface area (Å²) in [5, 5.41) is 6.81. The average Bonchev–Trinajstić information content (AvgIpc) is 3.27. The highest BCUT2D eigenvalue weighted by molar-refractivity contribution is 14.0. The minimum atomic E-state index is 0. The fraction of sp³-hybridized carbons (Fsp3) is 0.667. The van der Waals surface area contributed by atoms with E-state index < -0.39 is 0 Å². The Bertz CT molecular complexity index is 537. The van der Waals surface area contributed by atoms with Crippen LogP contribution in [0.4, 0.5) is 5.82 Å². The molecule has 0 radical (unpaired) electrons. The number of piperidine rings is 1. The summed E-state index contributed by atoms with van der Waals surface area (Å²) in [7, 11) is 1.82. The first-order valence-electron chi connectivity index (χ1n) is 8.82. The van der Waals surface area contributed by atoms with E-state index in [0.29, 0.717) is 6.04 Å². The van der Waals surface area contributed by atoms with Crippen LogP contribution in [-0.4, -0.2) is 37.1 Å².